The van der Waals surface area contributed by atoms with E-state index in [0.29, 0.717) is 5.92 Å². The summed E-state index contributed by atoms with van der Waals surface area (Å²) in [6.45, 7) is 4.39. The van der Waals surface area contributed by atoms with E-state index in [1.54, 1.807) is 14.2 Å². The third kappa shape index (κ3) is 4.20. The summed E-state index contributed by atoms with van der Waals surface area (Å²) in [4.78, 5) is 0. The van der Waals surface area contributed by atoms with Gasteiger partial charge in [0, 0.05) is 6.04 Å². The molecule has 1 aromatic rings. The molecule has 0 radical (unpaired) electrons. The second kappa shape index (κ2) is 7.24. The number of hydrogen-bond donors (Lipinski definition) is 2. The fourth-order valence-corrected chi connectivity index (χ4v) is 2.07. The van der Waals surface area contributed by atoms with Gasteiger partial charge in [0.15, 0.2) is 11.5 Å². The zero-order valence-electron chi connectivity index (χ0n) is 11.7. The summed E-state index contributed by atoms with van der Waals surface area (Å²) in [6.07, 6.45) is 1.93. The van der Waals surface area contributed by atoms with E-state index in [1.807, 2.05) is 18.2 Å². The molecule has 0 aliphatic heterocycles. The Balaban J connectivity index is 2.77. The SMILES string of the molecule is COc1ccc(CC(CC(C)C)NN)cc1OC. The van der Waals surface area contributed by atoms with Gasteiger partial charge in [-0.3, -0.25) is 11.3 Å². The molecule has 0 amide bonds. The van der Waals surface area contributed by atoms with E-state index in [2.05, 4.69) is 19.3 Å². The molecule has 0 bridgehead atoms. The Bertz CT molecular complexity index is 367. The Morgan fingerprint density at radius 1 is 1.17 bits per heavy atom. The molecule has 4 nitrogen and oxygen atoms in total. The van der Waals surface area contributed by atoms with Crippen LogP contribution in [0.1, 0.15) is 25.8 Å². The van der Waals surface area contributed by atoms with Crippen molar-refractivity contribution in [2.75, 3.05) is 14.2 Å². The van der Waals surface area contributed by atoms with Gasteiger partial charge in [0.25, 0.3) is 0 Å². The lowest BCUT2D eigenvalue weighted by Gasteiger charge is -2.18. The number of hydrogen-bond acceptors (Lipinski definition) is 4. The molecule has 0 saturated carbocycles. The molecule has 0 aromatic heterocycles. The van der Waals surface area contributed by atoms with Gasteiger partial charge in [-0.25, -0.2) is 0 Å². The normalized spacial score (nSPS) is 12.6. The maximum Gasteiger partial charge on any atom is 0.160 e. The van der Waals surface area contributed by atoms with Crippen LogP contribution in [0, 0.1) is 5.92 Å². The van der Waals surface area contributed by atoms with Crippen molar-refractivity contribution in [2.24, 2.45) is 11.8 Å². The maximum atomic E-state index is 5.59. The number of rotatable bonds is 7. The van der Waals surface area contributed by atoms with Gasteiger partial charge >= 0.3 is 0 Å². The fraction of sp³-hybridized carbons (Fsp3) is 0.571. The monoisotopic (exact) mass is 252 g/mol. The number of methoxy groups -OCH3 is 2. The second-order valence-electron chi connectivity index (χ2n) is 4.89. The van der Waals surface area contributed by atoms with Crippen molar-refractivity contribution in [3.63, 3.8) is 0 Å². The molecule has 0 spiro atoms. The maximum absolute atomic E-state index is 5.59. The van der Waals surface area contributed by atoms with Crippen LogP contribution in [-0.2, 0) is 6.42 Å². The van der Waals surface area contributed by atoms with Crippen molar-refractivity contribution in [1.82, 2.24) is 5.43 Å². The molecule has 0 saturated heterocycles. The van der Waals surface area contributed by atoms with Crippen LogP contribution < -0.4 is 20.7 Å². The van der Waals surface area contributed by atoms with Crippen LogP contribution >= 0.6 is 0 Å². The van der Waals surface area contributed by atoms with Gasteiger partial charge < -0.3 is 9.47 Å². The molecular formula is C14H24N2O2. The molecule has 1 aromatic carbocycles. The first-order chi connectivity index (χ1) is 8.60. The topological polar surface area (TPSA) is 56.5 Å². The van der Waals surface area contributed by atoms with Crippen molar-refractivity contribution >= 4 is 0 Å². The molecule has 4 heteroatoms. The molecule has 1 atom stereocenters. The summed E-state index contributed by atoms with van der Waals surface area (Å²) < 4.78 is 10.5. The Kier molecular flexibility index (Phi) is 5.95. The quantitative estimate of drug-likeness (QED) is 0.576. The van der Waals surface area contributed by atoms with Gasteiger partial charge in [0.05, 0.1) is 14.2 Å². The lowest BCUT2D eigenvalue weighted by atomic mass is 9.97. The zero-order chi connectivity index (χ0) is 13.5. The largest absolute Gasteiger partial charge is 0.493 e. The van der Waals surface area contributed by atoms with Gasteiger partial charge in [0.1, 0.15) is 0 Å². The highest BCUT2D eigenvalue weighted by Crippen LogP contribution is 2.28. The van der Waals surface area contributed by atoms with Crippen molar-refractivity contribution < 1.29 is 9.47 Å². The molecule has 1 unspecified atom stereocenters. The van der Waals surface area contributed by atoms with E-state index in [0.717, 1.165) is 24.3 Å². The zero-order valence-corrected chi connectivity index (χ0v) is 11.7. The van der Waals surface area contributed by atoms with Gasteiger partial charge in [-0.2, -0.15) is 0 Å². The predicted octanol–water partition coefficient (Wildman–Crippen LogP) is 2.12. The van der Waals surface area contributed by atoms with Crippen molar-refractivity contribution in [3.8, 4) is 11.5 Å². The van der Waals surface area contributed by atoms with Gasteiger partial charge in [-0.15, -0.1) is 0 Å². The summed E-state index contributed by atoms with van der Waals surface area (Å²) in [5, 5.41) is 0. The standard InChI is InChI=1S/C14H24N2O2/c1-10(2)7-12(16-15)8-11-5-6-13(17-3)14(9-11)18-4/h5-6,9-10,12,16H,7-8,15H2,1-4H3. The summed E-state index contributed by atoms with van der Waals surface area (Å²) in [5.41, 5.74) is 4.07. The minimum Gasteiger partial charge on any atom is -0.493 e. The van der Waals surface area contributed by atoms with E-state index < -0.39 is 0 Å². The molecule has 0 aliphatic carbocycles. The van der Waals surface area contributed by atoms with Crippen molar-refractivity contribution in [2.45, 2.75) is 32.7 Å². The average molecular weight is 252 g/mol. The first-order valence-corrected chi connectivity index (χ1v) is 6.27. The van der Waals surface area contributed by atoms with Crippen LogP contribution in [0.15, 0.2) is 18.2 Å². The lowest BCUT2D eigenvalue weighted by molar-refractivity contribution is 0.354. The number of hydrazine groups is 1. The van der Waals surface area contributed by atoms with Crippen molar-refractivity contribution in [3.05, 3.63) is 23.8 Å². The third-order valence-corrected chi connectivity index (χ3v) is 2.92. The van der Waals surface area contributed by atoms with E-state index >= 15 is 0 Å². The smallest absolute Gasteiger partial charge is 0.160 e. The highest BCUT2D eigenvalue weighted by Gasteiger charge is 2.12. The molecule has 18 heavy (non-hydrogen) atoms. The summed E-state index contributed by atoms with van der Waals surface area (Å²) >= 11 is 0. The number of benzene rings is 1. The lowest BCUT2D eigenvalue weighted by Crippen LogP contribution is -2.37. The highest BCUT2D eigenvalue weighted by molar-refractivity contribution is 5.43. The molecule has 0 aliphatic rings. The van der Waals surface area contributed by atoms with Crippen LogP contribution in [0.3, 0.4) is 0 Å². The molecule has 0 fully saturated rings. The van der Waals surface area contributed by atoms with Crippen molar-refractivity contribution in [1.29, 1.82) is 0 Å². The van der Waals surface area contributed by atoms with E-state index in [9.17, 15) is 0 Å². The van der Waals surface area contributed by atoms with E-state index in [-0.39, 0.29) is 6.04 Å². The summed E-state index contributed by atoms with van der Waals surface area (Å²) in [5.74, 6) is 7.72. The highest BCUT2D eigenvalue weighted by atomic mass is 16.5. The van der Waals surface area contributed by atoms with Crippen LogP contribution in [0.5, 0.6) is 11.5 Å². The minimum absolute atomic E-state index is 0.281. The molecule has 1 rings (SSSR count). The van der Waals surface area contributed by atoms with Crippen LogP contribution in [0.4, 0.5) is 0 Å². The average Bonchev–Trinajstić information content (AvgIpc) is 2.37. The van der Waals surface area contributed by atoms with Crippen LogP contribution in [0.25, 0.3) is 0 Å². The predicted molar refractivity (Wildman–Crippen MR) is 73.8 cm³/mol. The molecule has 3 N–H and O–H groups in total. The Morgan fingerprint density at radius 2 is 1.83 bits per heavy atom. The number of ether oxygens (including phenoxy) is 2. The fourth-order valence-electron chi connectivity index (χ4n) is 2.07. The summed E-state index contributed by atoms with van der Waals surface area (Å²) in [6, 6.07) is 6.26. The molecule has 0 heterocycles. The number of nitrogens with one attached hydrogen (secondary N) is 1. The van der Waals surface area contributed by atoms with E-state index in [4.69, 9.17) is 15.3 Å². The Morgan fingerprint density at radius 3 is 2.33 bits per heavy atom. The Labute approximate surface area is 109 Å². The van der Waals surface area contributed by atoms with Gasteiger partial charge in [-0.05, 0) is 36.5 Å². The molecule has 102 valence electrons. The summed E-state index contributed by atoms with van der Waals surface area (Å²) in [7, 11) is 3.29. The first-order valence-electron chi connectivity index (χ1n) is 6.27. The minimum atomic E-state index is 0.281. The van der Waals surface area contributed by atoms with Crippen LogP contribution in [-0.4, -0.2) is 20.3 Å². The Hall–Kier alpha value is -1.26. The van der Waals surface area contributed by atoms with Gasteiger partial charge in [-0.1, -0.05) is 19.9 Å². The van der Waals surface area contributed by atoms with Gasteiger partial charge in [0.2, 0.25) is 0 Å². The van der Waals surface area contributed by atoms with E-state index in [1.165, 1.54) is 5.56 Å². The second-order valence-corrected chi connectivity index (χ2v) is 4.89. The third-order valence-electron chi connectivity index (χ3n) is 2.92. The molecular weight excluding hydrogens is 228 g/mol. The number of nitrogens with two attached hydrogens (primary N) is 1. The first kappa shape index (κ1) is 14.8. The van der Waals surface area contributed by atoms with Crippen LogP contribution in [0.2, 0.25) is 0 Å².